The lowest BCUT2D eigenvalue weighted by Gasteiger charge is -2.10. The van der Waals surface area contributed by atoms with Gasteiger partial charge in [-0.1, -0.05) is 367 Å². The average molecular weight is 1240 g/mol. The summed E-state index contributed by atoms with van der Waals surface area (Å²) in [6, 6.07) is 0.990. The van der Waals surface area contributed by atoms with Crippen LogP contribution < -0.4 is 14.2 Å². The van der Waals surface area contributed by atoms with E-state index in [0.717, 1.165) is 36.5 Å². The molecular weight excluding hydrogens is 1090 g/mol. The van der Waals surface area contributed by atoms with Gasteiger partial charge in [-0.25, -0.2) is 0 Å². The number of nitrogens with zero attached hydrogens (tertiary/aromatic N) is 3. The summed E-state index contributed by atoms with van der Waals surface area (Å²) in [5.41, 5.74) is 0. The van der Waals surface area contributed by atoms with Gasteiger partial charge in [-0.15, -0.1) is 15.0 Å². The Morgan fingerprint density at radius 2 is 0.310 bits per heavy atom. The van der Waals surface area contributed by atoms with Crippen molar-refractivity contribution in [2.45, 2.75) is 406 Å². The van der Waals surface area contributed by atoms with Gasteiger partial charge < -0.3 is 14.2 Å². The minimum Gasteiger partial charge on any atom is -0.463 e. The van der Waals surface area contributed by atoms with Crippen molar-refractivity contribution in [3.8, 4) is 18.0 Å². The van der Waals surface area contributed by atoms with E-state index in [0.29, 0.717) is 37.9 Å². The quantitative estimate of drug-likeness (QED) is 0.0594. The van der Waals surface area contributed by atoms with Crippen LogP contribution >= 0.6 is 35.3 Å². The molecule has 498 valence electrons. The SMILES string of the molecule is CCCCCCCCCCCCCCCCCCCCCSCCCOc1nc(OCCCSCCCCCCCCCCCCCCCCCCCCC)nc(OCCCSCCCCCCCCCCCCCCCCCCCCC)n1. The summed E-state index contributed by atoms with van der Waals surface area (Å²) in [5.74, 6) is 7.05. The first-order valence-corrected chi connectivity index (χ1v) is 41.6. The lowest BCUT2D eigenvalue weighted by atomic mass is 10.0. The van der Waals surface area contributed by atoms with Gasteiger partial charge >= 0.3 is 18.0 Å². The Kier molecular flexibility index (Phi) is 71.0. The zero-order chi connectivity index (χ0) is 59.9. The normalized spacial score (nSPS) is 11.6. The Morgan fingerprint density at radius 3 is 0.464 bits per heavy atom. The number of aromatic nitrogens is 3. The molecule has 0 aliphatic carbocycles. The summed E-state index contributed by atoms with van der Waals surface area (Å²) in [5, 5.41) is 0. The molecule has 0 atom stereocenters. The molecule has 1 heterocycles. The fourth-order valence-electron chi connectivity index (χ4n) is 11.6. The third-order valence-corrected chi connectivity index (χ3v) is 20.7. The molecule has 0 spiro atoms. The van der Waals surface area contributed by atoms with Crippen LogP contribution in [-0.2, 0) is 0 Å². The summed E-state index contributed by atoms with van der Waals surface area (Å²) in [6.45, 7) is 8.72. The van der Waals surface area contributed by atoms with E-state index in [-0.39, 0.29) is 0 Å². The van der Waals surface area contributed by atoms with E-state index in [1.807, 2.05) is 0 Å². The van der Waals surface area contributed by atoms with Crippen molar-refractivity contribution in [2.24, 2.45) is 0 Å². The lowest BCUT2D eigenvalue weighted by Crippen LogP contribution is -2.10. The van der Waals surface area contributed by atoms with Crippen molar-refractivity contribution in [1.82, 2.24) is 15.0 Å². The Bertz CT molecular complexity index is 1190. The predicted octanol–water partition coefficient (Wildman–Crippen LogP) is 26.7. The number of hydrogen-bond donors (Lipinski definition) is 0. The van der Waals surface area contributed by atoms with Gasteiger partial charge in [0.1, 0.15) is 0 Å². The van der Waals surface area contributed by atoms with Crippen LogP contribution in [0.1, 0.15) is 406 Å². The molecule has 0 aromatic carbocycles. The number of thioether (sulfide) groups is 3. The highest BCUT2D eigenvalue weighted by Crippen LogP contribution is 2.22. The van der Waals surface area contributed by atoms with Crippen LogP contribution in [-0.4, -0.2) is 69.3 Å². The third kappa shape index (κ3) is 65.9. The first-order chi connectivity index (χ1) is 41.8. The Balaban J connectivity index is 2.20. The molecule has 0 radical (unpaired) electrons. The minimum absolute atomic E-state index is 0.330. The number of unbranched alkanes of at least 4 members (excludes halogenated alkanes) is 54. The monoisotopic (exact) mass is 1230 g/mol. The van der Waals surface area contributed by atoms with Crippen LogP contribution in [0.15, 0.2) is 0 Å². The van der Waals surface area contributed by atoms with E-state index >= 15 is 0 Å². The summed E-state index contributed by atoms with van der Waals surface area (Å²) in [7, 11) is 0. The van der Waals surface area contributed by atoms with E-state index < -0.39 is 0 Å². The van der Waals surface area contributed by atoms with E-state index in [9.17, 15) is 0 Å². The highest BCUT2D eigenvalue weighted by atomic mass is 32.2. The van der Waals surface area contributed by atoms with Crippen molar-refractivity contribution in [3.63, 3.8) is 0 Å². The van der Waals surface area contributed by atoms with Gasteiger partial charge in [-0.3, -0.25) is 0 Å². The van der Waals surface area contributed by atoms with Gasteiger partial charge in [-0.05, 0) is 73.0 Å². The predicted molar refractivity (Wildman–Crippen MR) is 382 cm³/mol. The highest BCUT2D eigenvalue weighted by molar-refractivity contribution is 7.99. The van der Waals surface area contributed by atoms with Gasteiger partial charge in [-0.2, -0.15) is 35.3 Å². The number of hydrogen-bond acceptors (Lipinski definition) is 9. The van der Waals surface area contributed by atoms with Crippen LogP contribution in [0.2, 0.25) is 0 Å². The van der Waals surface area contributed by atoms with Crippen LogP contribution in [0.5, 0.6) is 18.0 Å². The molecule has 1 rings (SSSR count). The number of ether oxygens (including phenoxy) is 3. The standard InChI is InChI=1S/C75H147N3O3S3/c1-4-7-10-13-16-19-22-25-28-31-34-37-40-43-46-49-52-55-58-67-82-70-61-64-79-73-76-74(80-65-62-71-83-68-59-56-53-50-47-44-41-38-35-32-29-26-23-20-17-14-11-8-5-2)78-75(77-73)81-66-63-72-84-69-60-57-54-51-48-45-42-39-36-33-30-27-24-21-18-15-12-9-6-3/h4-72H2,1-3H3. The topological polar surface area (TPSA) is 66.4 Å². The van der Waals surface area contributed by atoms with Gasteiger partial charge in [0.15, 0.2) is 0 Å². The van der Waals surface area contributed by atoms with E-state index in [1.165, 1.54) is 383 Å². The summed E-state index contributed by atoms with van der Waals surface area (Å²) in [6.07, 6.45) is 84.5. The zero-order valence-corrected chi connectivity index (χ0v) is 59.5. The molecule has 0 saturated heterocycles. The molecule has 0 aliphatic rings. The highest BCUT2D eigenvalue weighted by Gasteiger charge is 2.11. The van der Waals surface area contributed by atoms with Crippen LogP contribution in [0.3, 0.4) is 0 Å². The minimum atomic E-state index is 0.330. The molecule has 9 heteroatoms. The summed E-state index contributed by atoms with van der Waals surface area (Å²) < 4.78 is 18.3. The second kappa shape index (κ2) is 73.2. The van der Waals surface area contributed by atoms with Crippen molar-refractivity contribution in [1.29, 1.82) is 0 Å². The van der Waals surface area contributed by atoms with Gasteiger partial charge in [0.05, 0.1) is 19.8 Å². The fraction of sp³-hybridized carbons (Fsp3) is 0.960. The van der Waals surface area contributed by atoms with Crippen molar-refractivity contribution in [3.05, 3.63) is 0 Å². The van der Waals surface area contributed by atoms with Gasteiger partial charge in [0, 0.05) is 0 Å². The molecule has 84 heavy (non-hydrogen) atoms. The molecule has 0 amide bonds. The number of rotatable bonds is 75. The van der Waals surface area contributed by atoms with Crippen LogP contribution in [0, 0.1) is 0 Å². The smallest absolute Gasteiger partial charge is 0.325 e. The maximum Gasteiger partial charge on any atom is 0.325 e. The molecular formula is C75H147N3O3S3. The molecule has 0 unspecified atom stereocenters. The van der Waals surface area contributed by atoms with Crippen LogP contribution in [0.4, 0.5) is 0 Å². The Labute approximate surface area is 539 Å². The first-order valence-electron chi connectivity index (χ1n) is 38.2. The lowest BCUT2D eigenvalue weighted by molar-refractivity contribution is 0.236. The largest absolute Gasteiger partial charge is 0.463 e. The maximum atomic E-state index is 6.10. The molecule has 6 nitrogen and oxygen atoms in total. The van der Waals surface area contributed by atoms with E-state index in [2.05, 4.69) is 71.0 Å². The van der Waals surface area contributed by atoms with Crippen molar-refractivity contribution in [2.75, 3.05) is 54.3 Å². The van der Waals surface area contributed by atoms with E-state index in [4.69, 9.17) is 14.2 Å². The molecule has 1 aromatic rings. The fourth-order valence-corrected chi connectivity index (χ4v) is 14.4. The molecule has 1 aromatic heterocycles. The zero-order valence-electron chi connectivity index (χ0n) is 57.1. The third-order valence-electron chi connectivity index (χ3n) is 17.2. The average Bonchev–Trinajstić information content (AvgIpc) is 3.57. The Hall–Kier alpha value is -0.540. The molecule has 0 saturated carbocycles. The van der Waals surface area contributed by atoms with Crippen molar-refractivity contribution >= 4 is 35.3 Å². The molecule has 0 fully saturated rings. The van der Waals surface area contributed by atoms with Crippen molar-refractivity contribution < 1.29 is 14.2 Å². The van der Waals surface area contributed by atoms with Gasteiger partial charge in [0.25, 0.3) is 0 Å². The summed E-state index contributed by atoms with van der Waals surface area (Å²) in [4.78, 5) is 13.7. The second-order valence-corrected chi connectivity index (χ2v) is 29.4. The van der Waals surface area contributed by atoms with Crippen LogP contribution in [0.25, 0.3) is 0 Å². The molecule has 0 aliphatic heterocycles. The Morgan fingerprint density at radius 1 is 0.179 bits per heavy atom. The molecule has 0 N–H and O–H groups in total. The van der Waals surface area contributed by atoms with Gasteiger partial charge in [0.2, 0.25) is 0 Å². The van der Waals surface area contributed by atoms with E-state index in [1.54, 1.807) is 0 Å². The maximum absolute atomic E-state index is 6.10. The summed E-state index contributed by atoms with van der Waals surface area (Å²) >= 11 is 6.18. The molecule has 0 bridgehead atoms. The first kappa shape index (κ1) is 81.5. The second-order valence-electron chi connectivity index (χ2n) is 25.7.